The molecule has 9 heteroatoms. The van der Waals surface area contributed by atoms with Gasteiger partial charge in [-0.1, -0.05) is 34.8 Å². The van der Waals surface area contributed by atoms with Crippen molar-refractivity contribution in [1.82, 2.24) is 0 Å². The van der Waals surface area contributed by atoms with Crippen LogP contribution < -0.4 is 10.1 Å². The number of hydrogen-bond acceptors (Lipinski definition) is 5. The second-order valence-electron chi connectivity index (χ2n) is 5.74. The van der Waals surface area contributed by atoms with E-state index in [0.717, 1.165) is 0 Å². The maximum absolute atomic E-state index is 12.2. The molecule has 2 rings (SSSR count). The summed E-state index contributed by atoms with van der Waals surface area (Å²) >= 11 is 17.7. The number of carbonyl (C=O) groups excluding carboxylic acids is 3. The number of ether oxygens (including phenoxy) is 2. The summed E-state index contributed by atoms with van der Waals surface area (Å²) in [6.45, 7) is 2.45. The van der Waals surface area contributed by atoms with Gasteiger partial charge in [-0.3, -0.25) is 9.59 Å². The van der Waals surface area contributed by atoms with Crippen molar-refractivity contribution in [1.29, 1.82) is 0 Å². The monoisotopic (exact) mass is 443 g/mol. The Labute approximate surface area is 176 Å². The molecule has 0 aliphatic heterocycles. The highest BCUT2D eigenvalue weighted by Crippen LogP contribution is 2.32. The number of Topliss-reactive ketones (excluding diaryl/α,β-unsaturated/α-hetero) is 1. The Balaban J connectivity index is 1.86. The average molecular weight is 445 g/mol. The van der Waals surface area contributed by atoms with Gasteiger partial charge in [0.1, 0.15) is 5.75 Å². The van der Waals surface area contributed by atoms with Crippen LogP contribution in [0.1, 0.15) is 24.2 Å². The van der Waals surface area contributed by atoms with Gasteiger partial charge < -0.3 is 14.8 Å². The fraction of sp³-hybridized carbons (Fsp3) is 0.211. The van der Waals surface area contributed by atoms with Gasteiger partial charge in [-0.2, -0.15) is 0 Å². The smallest absolute Gasteiger partial charge is 0.344 e. The van der Waals surface area contributed by atoms with Crippen LogP contribution in [0.4, 0.5) is 5.69 Å². The zero-order valence-electron chi connectivity index (χ0n) is 14.9. The summed E-state index contributed by atoms with van der Waals surface area (Å²) in [5.41, 5.74) is 0.770. The number of nitrogens with one attached hydrogen (secondary N) is 1. The van der Waals surface area contributed by atoms with Crippen LogP contribution in [0.3, 0.4) is 0 Å². The van der Waals surface area contributed by atoms with E-state index >= 15 is 0 Å². The zero-order valence-corrected chi connectivity index (χ0v) is 17.2. The summed E-state index contributed by atoms with van der Waals surface area (Å²) in [5, 5.41) is 3.17. The van der Waals surface area contributed by atoms with Crippen molar-refractivity contribution in [2.75, 3.05) is 11.9 Å². The van der Waals surface area contributed by atoms with E-state index in [1.807, 2.05) is 0 Å². The number of hydrogen-bond donors (Lipinski definition) is 1. The molecule has 0 heterocycles. The van der Waals surface area contributed by atoms with Gasteiger partial charge >= 0.3 is 5.97 Å². The lowest BCUT2D eigenvalue weighted by molar-refractivity contribution is -0.155. The first-order valence-electron chi connectivity index (χ1n) is 8.06. The highest BCUT2D eigenvalue weighted by molar-refractivity contribution is 6.44. The third-order valence-corrected chi connectivity index (χ3v) is 4.60. The number of rotatable bonds is 7. The molecule has 6 nitrogen and oxygen atoms in total. The van der Waals surface area contributed by atoms with Crippen molar-refractivity contribution in [3.05, 3.63) is 57.0 Å². The minimum Gasteiger partial charge on any atom is -0.482 e. The second kappa shape index (κ2) is 9.78. The van der Waals surface area contributed by atoms with E-state index in [2.05, 4.69) is 5.32 Å². The van der Waals surface area contributed by atoms with E-state index < -0.39 is 24.6 Å². The van der Waals surface area contributed by atoms with Crippen LogP contribution in [0.15, 0.2) is 36.4 Å². The van der Waals surface area contributed by atoms with Crippen molar-refractivity contribution in [3.63, 3.8) is 0 Å². The molecule has 0 aliphatic rings. The number of amides is 1. The lowest BCUT2D eigenvalue weighted by Crippen LogP contribution is -2.31. The third-order valence-electron chi connectivity index (χ3n) is 3.56. The molecule has 0 aliphatic carbocycles. The predicted molar refractivity (Wildman–Crippen MR) is 108 cm³/mol. The number of esters is 1. The number of carbonyl (C=O) groups is 3. The Kier molecular flexibility index (Phi) is 7.69. The molecule has 0 saturated heterocycles. The summed E-state index contributed by atoms with van der Waals surface area (Å²) in [7, 11) is 0. The predicted octanol–water partition coefficient (Wildman–Crippen LogP) is 4.80. The van der Waals surface area contributed by atoms with E-state index in [0.29, 0.717) is 11.3 Å². The first-order valence-corrected chi connectivity index (χ1v) is 9.19. The Morgan fingerprint density at radius 2 is 1.61 bits per heavy atom. The van der Waals surface area contributed by atoms with E-state index in [1.54, 1.807) is 24.3 Å². The molecule has 0 saturated carbocycles. The molecule has 1 amide bonds. The summed E-state index contributed by atoms with van der Waals surface area (Å²) in [4.78, 5) is 35.3. The molecule has 0 aromatic heterocycles. The minimum absolute atomic E-state index is 0.0760. The van der Waals surface area contributed by atoms with Crippen LogP contribution in [-0.2, 0) is 14.3 Å². The van der Waals surface area contributed by atoms with Crippen LogP contribution in [0.2, 0.25) is 15.1 Å². The Morgan fingerprint density at radius 1 is 1.00 bits per heavy atom. The number of benzene rings is 2. The molecule has 2 aromatic rings. The van der Waals surface area contributed by atoms with Gasteiger partial charge in [0.2, 0.25) is 0 Å². The van der Waals surface area contributed by atoms with Crippen molar-refractivity contribution >= 4 is 58.1 Å². The topological polar surface area (TPSA) is 81.7 Å². The molecule has 0 radical (unpaired) electrons. The lowest BCUT2D eigenvalue weighted by Gasteiger charge is -2.15. The normalized spacial score (nSPS) is 11.5. The Morgan fingerprint density at radius 3 is 2.21 bits per heavy atom. The first-order chi connectivity index (χ1) is 13.2. The quantitative estimate of drug-likeness (QED) is 0.377. The largest absolute Gasteiger partial charge is 0.482 e. The van der Waals surface area contributed by atoms with Crippen LogP contribution in [0.5, 0.6) is 5.75 Å². The van der Waals surface area contributed by atoms with Crippen LogP contribution in [0, 0.1) is 0 Å². The van der Waals surface area contributed by atoms with Crippen molar-refractivity contribution < 1.29 is 23.9 Å². The summed E-state index contributed by atoms with van der Waals surface area (Å²) in [5.74, 6) is -1.02. The van der Waals surface area contributed by atoms with Crippen LogP contribution in [-0.4, -0.2) is 30.4 Å². The van der Waals surface area contributed by atoms with E-state index in [4.69, 9.17) is 44.3 Å². The molecule has 2 aromatic carbocycles. The maximum Gasteiger partial charge on any atom is 0.344 e. The van der Waals surface area contributed by atoms with Crippen LogP contribution in [0.25, 0.3) is 0 Å². The maximum atomic E-state index is 12.2. The Bertz CT molecular complexity index is 899. The standard InChI is InChI=1S/C19H16Cl3NO5/c1-10(24)12-3-5-13(6-4-12)27-9-18(25)28-11(2)19(26)23-17-8-15(21)14(20)7-16(17)22/h3-8,11H,9H2,1-2H3,(H,23,26). The van der Waals surface area contributed by atoms with E-state index in [1.165, 1.54) is 26.0 Å². The highest BCUT2D eigenvalue weighted by atomic mass is 35.5. The highest BCUT2D eigenvalue weighted by Gasteiger charge is 2.20. The van der Waals surface area contributed by atoms with Gasteiger partial charge in [0, 0.05) is 5.56 Å². The van der Waals surface area contributed by atoms with Crippen LogP contribution >= 0.6 is 34.8 Å². The fourth-order valence-corrected chi connectivity index (χ4v) is 2.66. The van der Waals surface area contributed by atoms with Crippen molar-refractivity contribution in [2.45, 2.75) is 20.0 Å². The Hall–Kier alpha value is -2.28. The molecule has 1 atom stereocenters. The SMILES string of the molecule is CC(=O)c1ccc(OCC(=O)OC(C)C(=O)Nc2cc(Cl)c(Cl)cc2Cl)cc1. The summed E-state index contributed by atoms with van der Waals surface area (Å²) in [6.07, 6.45) is -1.10. The number of halogens is 3. The molecule has 1 unspecified atom stereocenters. The first kappa shape index (κ1) is 22.0. The van der Waals surface area contributed by atoms with E-state index in [-0.39, 0.29) is 26.5 Å². The molecule has 0 fully saturated rings. The second-order valence-corrected chi connectivity index (χ2v) is 6.96. The number of anilines is 1. The van der Waals surface area contributed by atoms with Gasteiger partial charge in [-0.25, -0.2) is 4.79 Å². The molecular formula is C19H16Cl3NO5. The van der Waals surface area contributed by atoms with Gasteiger partial charge in [0.25, 0.3) is 5.91 Å². The number of ketones is 1. The lowest BCUT2D eigenvalue weighted by atomic mass is 10.1. The molecule has 28 heavy (non-hydrogen) atoms. The molecule has 0 bridgehead atoms. The molecule has 1 N–H and O–H groups in total. The minimum atomic E-state index is -1.10. The van der Waals surface area contributed by atoms with Gasteiger partial charge in [0.15, 0.2) is 18.5 Å². The van der Waals surface area contributed by atoms with E-state index in [9.17, 15) is 14.4 Å². The summed E-state index contributed by atoms with van der Waals surface area (Å²) in [6, 6.07) is 9.08. The average Bonchev–Trinajstić information content (AvgIpc) is 2.64. The summed E-state index contributed by atoms with van der Waals surface area (Å²) < 4.78 is 10.3. The van der Waals surface area contributed by atoms with Gasteiger partial charge in [-0.05, 0) is 50.2 Å². The van der Waals surface area contributed by atoms with Gasteiger partial charge in [0.05, 0.1) is 20.8 Å². The van der Waals surface area contributed by atoms with Gasteiger partial charge in [-0.15, -0.1) is 0 Å². The third kappa shape index (κ3) is 6.12. The fourth-order valence-electron chi connectivity index (χ4n) is 2.07. The zero-order chi connectivity index (χ0) is 20.8. The molecular weight excluding hydrogens is 429 g/mol. The molecule has 0 spiro atoms. The van der Waals surface area contributed by atoms with Crippen molar-refractivity contribution in [3.8, 4) is 5.75 Å². The van der Waals surface area contributed by atoms with Crippen molar-refractivity contribution in [2.24, 2.45) is 0 Å². The molecule has 148 valence electrons.